The molecular weight excluding hydrogens is 427 g/mol. The van der Waals surface area contributed by atoms with Gasteiger partial charge >= 0.3 is 12.1 Å². The molecule has 0 aliphatic carbocycles. The number of carbonyl (C=O) groups is 2. The van der Waals surface area contributed by atoms with Crippen LogP contribution in [0.4, 0.5) is 13.2 Å². The summed E-state index contributed by atoms with van der Waals surface area (Å²) in [4.78, 5) is 27.5. The minimum Gasteiger partial charge on any atom is -0.475 e. The Hall–Kier alpha value is -2.98. The Kier molecular flexibility index (Phi) is 9.15. The summed E-state index contributed by atoms with van der Waals surface area (Å²) in [5.74, 6) is -2.11. The van der Waals surface area contributed by atoms with E-state index in [4.69, 9.17) is 9.90 Å². The summed E-state index contributed by atoms with van der Waals surface area (Å²) in [6.07, 6.45) is 5.79. The van der Waals surface area contributed by atoms with Gasteiger partial charge in [0, 0.05) is 38.2 Å². The first-order chi connectivity index (χ1) is 15.1. The highest BCUT2D eigenvalue weighted by atomic mass is 19.4. The smallest absolute Gasteiger partial charge is 0.475 e. The number of alkyl halides is 3. The van der Waals surface area contributed by atoms with E-state index in [9.17, 15) is 18.0 Å². The molecule has 1 amide bonds. The number of amides is 1. The van der Waals surface area contributed by atoms with Crippen LogP contribution in [0, 0.1) is 12.8 Å². The fourth-order valence-electron chi connectivity index (χ4n) is 3.34. The number of carboxylic acid groups (broad SMARTS) is 1. The van der Waals surface area contributed by atoms with Crippen LogP contribution in [0.15, 0.2) is 24.7 Å². The number of aromatic nitrogens is 4. The van der Waals surface area contributed by atoms with E-state index in [1.54, 1.807) is 12.4 Å². The number of carboxylic acids is 1. The number of rotatable bonds is 6. The van der Waals surface area contributed by atoms with Gasteiger partial charge in [0.1, 0.15) is 0 Å². The molecule has 3 heterocycles. The number of pyridine rings is 1. The first kappa shape index (κ1) is 25.3. The van der Waals surface area contributed by atoms with Gasteiger partial charge in [-0.25, -0.2) is 4.79 Å². The Morgan fingerprint density at radius 1 is 1.22 bits per heavy atom. The number of aliphatic carboxylic acids is 1. The standard InChI is InChI=1S/C19H27N5O.C2HF3O2/c1-3-4-5-18-14-24(22-21-18)13-16-6-8-23(9-7-16)19(25)17-10-15(2)11-20-12-17;3-2(4,5)1(6)7/h10-12,14,16H,3-9,13H2,1-2H3;(H,6,7). The molecule has 0 atom stereocenters. The number of hydrogen-bond donors (Lipinski definition) is 1. The number of halogens is 3. The summed E-state index contributed by atoms with van der Waals surface area (Å²) >= 11 is 0. The summed E-state index contributed by atoms with van der Waals surface area (Å²) in [6, 6.07) is 1.91. The van der Waals surface area contributed by atoms with E-state index in [-0.39, 0.29) is 5.91 Å². The van der Waals surface area contributed by atoms with Crippen molar-refractivity contribution >= 4 is 11.9 Å². The molecule has 1 fully saturated rings. The molecule has 0 aromatic carbocycles. The molecule has 2 aromatic heterocycles. The first-order valence-corrected chi connectivity index (χ1v) is 10.5. The lowest BCUT2D eigenvalue weighted by Crippen LogP contribution is -2.39. The molecular formula is C21H28F3N5O3. The van der Waals surface area contributed by atoms with Gasteiger partial charge in [0.25, 0.3) is 5.91 Å². The Balaban J connectivity index is 0.000000451. The van der Waals surface area contributed by atoms with Crippen LogP contribution < -0.4 is 0 Å². The monoisotopic (exact) mass is 455 g/mol. The van der Waals surface area contributed by atoms with Gasteiger partial charge in [0.05, 0.1) is 11.3 Å². The summed E-state index contributed by atoms with van der Waals surface area (Å²) in [6.45, 7) is 6.64. The quantitative estimate of drug-likeness (QED) is 0.715. The van der Waals surface area contributed by atoms with Gasteiger partial charge in [-0.2, -0.15) is 13.2 Å². The van der Waals surface area contributed by atoms with Crippen LogP contribution in [0.25, 0.3) is 0 Å². The van der Waals surface area contributed by atoms with E-state index in [0.717, 1.165) is 56.6 Å². The largest absolute Gasteiger partial charge is 0.490 e. The van der Waals surface area contributed by atoms with Crippen molar-refractivity contribution in [3.63, 3.8) is 0 Å². The number of nitrogens with zero attached hydrogens (tertiary/aromatic N) is 5. The van der Waals surface area contributed by atoms with Crippen molar-refractivity contribution in [1.29, 1.82) is 0 Å². The number of likely N-dealkylation sites (tertiary alicyclic amines) is 1. The maximum Gasteiger partial charge on any atom is 0.490 e. The Labute approximate surface area is 184 Å². The third-order valence-corrected chi connectivity index (χ3v) is 5.08. The van der Waals surface area contributed by atoms with Gasteiger partial charge in [0.2, 0.25) is 0 Å². The predicted octanol–water partition coefficient (Wildman–Crippen LogP) is 3.51. The van der Waals surface area contributed by atoms with Gasteiger partial charge in [-0.1, -0.05) is 18.6 Å². The molecule has 3 rings (SSSR count). The SMILES string of the molecule is CCCCc1cn(CC2CCN(C(=O)c3cncc(C)c3)CC2)nn1.O=C(O)C(F)(F)F. The number of aryl methyl sites for hydroxylation is 2. The minimum absolute atomic E-state index is 0.0947. The molecule has 8 nitrogen and oxygen atoms in total. The molecule has 0 saturated carbocycles. The highest BCUT2D eigenvalue weighted by Gasteiger charge is 2.38. The van der Waals surface area contributed by atoms with Crippen molar-refractivity contribution in [3.8, 4) is 0 Å². The lowest BCUT2D eigenvalue weighted by atomic mass is 9.96. The first-order valence-electron chi connectivity index (χ1n) is 10.5. The fraction of sp³-hybridized carbons (Fsp3) is 0.571. The van der Waals surface area contributed by atoms with Crippen LogP contribution in [0.5, 0.6) is 0 Å². The maximum atomic E-state index is 12.6. The molecule has 0 unspecified atom stereocenters. The molecule has 11 heteroatoms. The summed E-state index contributed by atoms with van der Waals surface area (Å²) in [5, 5.41) is 15.6. The lowest BCUT2D eigenvalue weighted by molar-refractivity contribution is -0.192. The van der Waals surface area contributed by atoms with Gasteiger partial charge in [-0.15, -0.1) is 5.10 Å². The van der Waals surface area contributed by atoms with Crippen LogP contribution >= 0.6 is 0 Å². The van der Waals surface area contributed by atoms with Crippen molar-refractivity contribution in [1.82, 2.24) is 24.9 Å². The maximum absolute atomic E-state index is 12.6. The Bertz CT molecular complexity index is 893. The van der Waals surface area contributed by atoms with Crippen LogP contribution in [0.1, 0.15) is 54.2 Å². The zero-order valence-electron chi connectivity index (χ0n) is 18.2. The van der Waals surface area contributed by atoms with E-state index in [2.05, 4.69) is 28.4 Å². The average Bonchev–Trinajstić information content (AvgIpc) is 3.19. The van der Waals surface area contributed by atoms with Crippen molar-refractivity contribution < 1.29 is 27.9 Å². The number of carbonyl (C=O) groups excluding carboxylic acids is 1. The molecule has 2 aromatic rings. The molecule has 0 radical (unpaired) electrons. The summed E-state index contributed by atoms with van der Waals surface area (Å²) in [7, 11) is 0. The molecule has 0 spiro atoms. The fourth-order valence-corrected chi connectivity index (χ4v) is 3.34. The second-order valence-corrected chi connectivity index (χ2v) is 7.82. The van der Waals surface area contributed by atoms with Crippen molar-refractivity contribution in [2.45, 2.75) is 58.7 Å². The third-order valence-electron chi connectivity index (χ3n) is 5.08. The normalized spacial score (nSPS) is 14.6. The third kappa shape index (κ3) is 7.93. The van der Waals surface area contributed by atoms with Crippen molar-refractivity contribution in [3.05, 3.63) is 41.5 Å². The summed E-state index contributed by atoms with van der Waals surface area (Å²) < 4.78 is 33.7. The van der Waals surface area contributed by atoms with Gasteiger partial charge in [-0.05, 0) is 50.2 Å². The second kappa shape index (κ2) is 11.6. The molecule has 1 aliphatic rings. The molecule has 1 saturated heterocycles. The van der Waals surface area contributed by atoms with Crippen molar-refractivity contribution in [2.75, 3.05) is 13.1 Å². The number of unbranched alkanes of at least 4 members (excludes halogenated alkanes) is 1. The number of piperidine rings is 1. The van der Waals surface area contributed by atoms with E-state index in [0.29, 0.717) is 11.5 Å². The Morgan fingerprint density at radius 2 is 1.88 bits per heavy atom. The van der Waals surface area contributed by atoms with E-state index in [1.165, 1.54) is 6.42 Å². The van der Waals surface area contributed by atoms with E-state index < -0.39 is 12.1 Å². The van der Waals surface area contributed by atoms with Gasteiger partial charge < -0.3 is 10.0 Å². The average molecular weight is 455 g/mol. The molecule has 1 aliphatic heterocycles. The minimum atomic E-state index is -5.08. The zero-order chi connectivity index (χ0) is 23.7. The van der Waals surface area contributed by atoms with Crippen molar-refractivity contribution in [2.24, 2.45) is 5.92 Å². The van der Waals surface area contributed by atoms with Crippen LogP contribution in [0.2, 0.25) is 0 Å². The number of hydrogen-bond acceptors (Lipinski definition) is 5. The summed E-state index contributed by atoms with van der Waals surface area (Å²) in [5.41, 5.74) is 2.79. The molecule has 32 heavy (non-hydrogen) atoms. The van der Waals surface area contributed by atoms with E-state index >= 15 is 0 Å². The van der Waals surface area contributed by atoms with Gasteiger partial charge in [-0.3, -0.25) is 14.5 Å². The lowest BCUT2D eigenvalue weighted by Gasteiger charge is -2.31. The predicted molar refractivity (Wildman–Crippen MR) is 110 cm³/mol. The van der Waals surface area contributed by atoms with Crippen LogP contribution in [-0.4, -0.2) is 61.1 Å². The highest BCUT2D eigenvalue weighted by Crippen LogP contribution is 2.21. The molecule has 176 valence electrons. The molecule has 1 N–H and O–H groups in total. The molecule has 0 bridgehead atoms. The van der Waals surface area contributed by atoms with Crippen LogP contribution in [0.3, 0.4) is 0 Å². The van der Waals surface area contributed by atoms with Crippen LogP contribution in [-0.2, 0) is 17.8 Å². The highest BCUT2D eigenvalue weighted by molar-refractivity contribution is 5.94. The van der Waals surface area contributed by atoms with E-state index in [1.807, 2.05) is 22.6 Å². The Morgan fingerprint density at radius 3 is 2.44 bits per heavy atom. The zero-order valence-corrected chi connectivity index (χ0v) is 18.2. The van der Waals surface area contributed by atoms with Gasteiger partial charge in [0.15, 0.2) is 0 Å². The second-order valence-electron chi connectivity index (χ2n) is 7.82. The topological polar surface area (TPSA) is 101 Å².